The average molecular weight is 412 g/mol. The molecule has 7 nitrogen and oxygen atoms in total. The molecule has 9 heteroatoms. The largest absolute Gasteiger partial charge is 0.461 e. The number of sulfonamides is 1. The van der Waals surface area contributed by atoms with E-state index in [1.54, 1.807) is 0 Å². The van der Waals surface area contributed by atoms with Crippen molar-refractivity contribution in [2.75, 3.05) is 31.0 Å². The minimum absolute atomic E-state index is 0.0464. The van der Waals surface area contributed by atoms with Gasteiger partial charge < -0.3 is 9.64 Å². The van der Waals surface area contributed by atoms with Crippen molar-refractivity contribution in [3.05, 3.63) is 53.3 Å². The first-order chi connectivity index (χ1) is 12.9. The fraction of sp³-hybridized carbons (Fsp3) is 0.333. The number of anilines is 1. The number of ether oxygens (including phenoxy) is 1. The number of halogens is 1. The highest BCUT2D eigenvalue weighted by molar-refractivity contribution is 7.92. The second-order valence-corrected chi connectivity index (χ2v) is 7.80. The molecule has 0 aliphatic carbocycles. The van der Waals surface area contributed by atoms with E-state index in [2.05, 4.69) is 14.6 Å². The van der Waals surface area contributed by atoms with Crippen LogP contribution in [-0.2, 0) is 14.8 Å². The molecule has 1 heterocycles. The van der Waals surface area contributed by atoms with Crippen molar-refractivity contribution in [2.45, 2.75) is 18.7 Å². The van der Waals surface area contributed by atoms with Crippen LogP contribution in [0.3, 0.4) is 0 Å². The number of nitrogens with one attached hydrogen (secondary N) is 1. The topological polar surface area (TPSA) is 88.6 Å². The maximum Gasteiger partial charge on any atom is 0.338 e. The Kier molecular flexibility index (Phi) is 7.58. The zero-order chi connectivity index (χ0) is 19.9. The van der Waals surface area contributed by atoms with E-state index in [4.69, 9.17) is 16.3 Å². The third kappa shape index (κ3) is 6.20. The lowest BCUT2D eigenvalue weighted by atomic mass is 10.2. The molecule has 27 heavy (non-hydrogen) atoms. The van der Waals surface area contributed by atoms with E-state index in [0.29, 0.717) is 24.4 Å². The second kappa shape index (κ2) is 9.68. The number of aromatic nitrogens is 1. The predicted octanol–water partition coefficient (Wildman–Crippen LogP) is 3.03. The number of pyridine rings is 1. The Hall–Kier alpha value is -2.16. The summed E-state index contributed by atoms with van der Waals surface area (Å²) >= 11 is 5.78. The maximum atomic E-state index is 12.3. The van der Waals surface area contributed by atoms with Gasteiger partial charge in [0.05, 0.1) is 10.6 Å². The van der Waals surface area contributed by atoms with E-state index in [9.17, 15) is 13.2 Å². The molecule has 0 radical (unpaired) electrons. The standard InChI is InChI=1S/C18H22ClN3O4S/c1-3-22(4-2)9-10-26-18(23)14-5-7-16(8-6-14)21-27(24,25)17-11-15(19)12-20-13-17/h5-8,11-13,21H,3-4,9-10H2,1-2H3. The molecular formula is C18H22ClN3O4S. The number of rotatable bonds is 9. The Balaban J connectivity index is 1.97. The first-order valence-corrected chi connectivity index (χ1v) is 10.3. The summed E-state index contributed by atoms with van der Waals surface area (Å²) < 4.78 is 32.3. The summed E-state index contributed by atoms with van der Waals surface area (Å²) in [5.74, 6) is -0.449. The summed E-state index contributed by atoms with van der Waals surface area (Å²) in [4.78, 5) is 17.9. The summed E-state index contributed by atoms with van der Waals surface area (Å²) in [6, 6.07) is 7.31. The van der Waals surface area contributed by atoms with Gasteiger partial charge in [-0.2, -0.15) is 0 Å². The van der Waals surface area contributed by atoms with Gasteiger partial charge in [-0.15, -0.1) is 0 Å². The van der Waals surface area contributed by atoms with Crippen LogP contribution in [0.15, 0.2) is 47.6 Å². The molecule has 1 N–H and O–H groups in total. The first kappa shape index (κ1) is 21.1. The summed E-state index contributed by atoms with van der Waals surface area (Å²) in [6.45, 7) is 6.85. The normalized spacial score (nSPS) is 11.4. The molecule has 0 bridgehead atoms. The van der Waals surface area contributed by atoms with Crippen LogP contribution in [0, 0.1) is 0 Å². The van der Waals surface area contributed by atoms with Gasteiger partial charge in [-0.1, -0.05) is 25.4 Å². The second-order valence-electron chi connectivity index (χ2n) is 5.68. The number of benzene rings is 1. The van der Waals surface area contributed by atoms with Crippen molar-refractivity contribution in [3.8, 4) is 0 Å². The van der Waals surface area contributed by atoms with E-state index in [0.717, 1.165) is 13.1 Å². The Morgan fingerprint density at radius 2 is 1.85 bits per heavy atom. The van der Waals surface area contributed by atoms with Crippen LogP contribution >= 0.6 is 11.6 Å². The third-order valence-corrected chi connectivity index (χ3v) is 5.45. The Labute approximate surface area is 164 Å². The smallest absolute Gasteiger partial charge is 0.338 e. The number of likely N-dealkylation sites (N-methyl/N-ethyl adjacent to an activating group) is 1. The van der Waals surface area contributed by atoms with E-state index >= 15 is 0 Å². The third-order valence-electron chi connectivity index (χ3n) is 3.90. The van der Waals surface area contributed by atoms with Crippen molar-refractivity contribution >= 4 is 33.3 Å². The monoisotopic (exact) mass is 411 g/mol. The molecule has 0 unspecified atom stereocenters. The highest BCUT2D eigenvalue weighted by Crippen LogP contribution is 2.18. The van der Waals surface area contributed by atoms with E-state index < -0.39 is 16.0 Å². The van der Waals surface area contributed by atoms with Crippen LogP contribution in [0.5, 0.6) is 0 Å². The lowest BCUT2D eigenvalue weighted by molar-refractivity contribution is 0.0466. The van der Waals surface area contributed by atoms with Crippen LogP contribution < -0.4 is 4.72 Å². The molecule has 0 fully saturated rings. The van der Waals surface area contributed by atoms with Crippen LogP contribution in [0.25, 0.3) is 0 Å². The van der Waals surface area contributed by atoms with Gasteiger partial charge in [-0.3, -0.25) is 9.71 Å². The van der Waals surface area contributed by atoms with Gasteiger partial charge in [0.15, 0.2) is 0 Å². The quantitative estimate of drug-likeness (QED) is 0.638. The van der Waals surface area contributed by atoms with Gasteiger partial charge in [-0.25, -0.2) is 13.2 Å². The fourth-order valence-electron chi connectivity index (χ4n) is 2.32. The van der Waals surface area contributed by atoms with E-state index in [-0.39, 0.29) is 9.92 Å². The van der Waals surface area contributed by atoms with Crippen LogP contribution in [0.4, 0.5) is 5.69 Å². The van der Waals surface area contributed by atoms with E-state index in [1.165, 1.54) is 42.7 Å². The van der Waals surface area contributed by atoms with Gasteiger partial charge >= 0.3 is 5.97 Å². The number of esters is 1. The van der Waals surface area contributed by atoms with Gasteiger partial charge in [0.1, 0.15) is 11.5 Å². The molecule has 0 aliphatic rings. The lowest BCUT2D eigenvalue weighted by Gasteiger charge is -2.17. The summed E-state index contributed by atoms with van der Waals surface area (Å²) in [5, 5.41) is 0.223. The minimum Gasteiger partial charge on any atom is -0.461 e. The van der Waals surface area contributed by atoms with Crippen molar-refractivity contribution in [3.63, 3.8) is 0 Å². The number of carbonyl (C=O) groups excluding carboxylic acids is 1. The molecule has 1 aromatic heterocycles. The molecule has 0 amide bonds. The zero-order valence-corrected chi connectivity index (χ0v) is 16.8. The van der Waals surface area contributed by atoms with Crippen molar-refractivity contribution < 1.29 is 17.9 Å². The Bertz CT molecular complexity index is 868. The number of carbonyl (C=O) groups is 1. The van der Waals surface area contributed by atoms with E-state index in [1.807, 2.05) is 13.8 Å². The van der Waals surface area contributed by atoms with Crippen LogP contribution in [-0.4, -0.2) is 50.5 Å². The predicted molar refractivity (Wildman–Crippen MR) is 105 cm³/mol. The van der Waals surface area contributed by atoms with Gasteiger partial charge in [0.2, 0.25) is 0 Å². The van der Waals surface area contributed by atoms with Gasteiger partial charge in [-0.05, 0) is 43.4 Å². The molecule has 146 valence electrons. The SMILES string of the molecule is CCN(CC)CCOC(=O)c1ccc(NS(=O)(=O)c2cncc(Cl)c2)cc1. The summed E-state index contributed by atoms with van der Waals surface area (Å²) in [6.07, 6.45) is 2.55. The molecule has 0 saturated heterocycles. The molecule has 1 aromatic carbocycles. The van der Waals surface area contributed by atoms with Gasteiger partial charge in [0, 0.05) is 24.6 Å². The van der Waals surface area contributed by atoms with Crippen LogP contribution in [0.1, 0.15) is 24.2 Å². The Morgan fingerprint density at radius 3 is 2.44 bits per heavy atom. The number of hydrogen-bond acceptors (Lipinski definition) is 6. The first-order valence-electron chi connectivity index (χ1n) is 8.48. The highest BCUT2D eigenvalue weighted by atomic mass is 35.5. The maximum absolute atomic E-state index is 12.3. The number of nitrogens with zero attached hydrogens (tertiary/aromatic N) is 2. The summed E-state index contributed by atoms with van der Waals surface area (Å²) in [5.41, 5.74) is 0.664. The molecule has 0 aliphatic heterocycles. The molecule has 2 aromatic rings. The molecule has 0 saturated carbocycles. The minimum atomic E-state index is -3.82. The molecule has 0 spiro atoms. The van der Waals surface area contributed by atoms with Crippen LogP contribution in [0.2, 0.25) is 5.02 Å². The van der Waals surface area contributed by atoms with Crippen molar-refractivity contribution in [1.29, 1.82) is 0 Å². The zero-order valence-electron chi connectivity index (χ0n) is 15.2. The molecule has 0 atom stereocenters. The van der Waals surface area contributed by atoms with Gasteiger partial charge in [0.25, 0.3) is 10.0 Å². The number of hydrogen-bond donors (Lipinski definition) is 1. The highest BCUT2D eigenvalue weighted by Gasteiger charge is 2.16. The van der Waals surface area contributed by atoms with Crippen molar-refractivity contribution in [1.82, 2.24) is 9.88 Å². The Morgan fingerprint density at radius 1 is 1.19 bits per heavy atom. The average Bonchev–Trinajstić information content (AvgIpc) is 2.65. The fourth-order valence-corrected chi connectivity index (χ4v) is 3.60. The summed E-state index contributed by atoms with van der Waals surface area (Å²) in [7, 11) is -3.82. The lowest BCUT2D eigenvalue weighted by Crippen LogP contribution is -2.27. The molecule has 2 rings (SSSR count). The molecular weight excluding hydrogens is 390 g/mol. The van der Waals surface area contributed by atoms with Crippen molar-refractivity contribution in [2.24, 2.45) is 0 Å².